The molecule has 1 aliphatic heterocycles. The number of aliphatic hydroxyl groups excluding tert-OH is 1. The number of carbonyl (C=O) groups is 2. The van der Waals surface area contributed by atoms with Gasteiger partial charge < -0.3 is 30.1 Å². The average Bonchev–Trinajstić information content (AvgIpc) is 3.12. The van der Waals surface area contributed by atoms with Crippen LogP contribution < -0.4 is 14.8 Å². The quantitative estimate of drug-likeness (QED) is 0.348. The van der Waals surface area contributed by atoms with Crippen LogP contribution in [0.5, 0.6) is 11.5 Å². The summed E-state index contributed by atoms with van der Waals surface area (Å²) in [5.74, 6) is -6.10. The van der Waals surface area contributed by atoms with Crippen LogP contribution in [0.4, 0.5) is 0 Å². The first-order chi connectivity index (χ1) is 14.2. The summed E-state index contributed by atoms with van der Waals surface area (Å²) in [7, 11) is 0. The number of thioether (sulfide) groups is 1. The lowest BCUT2D eigenvalue weighted by Crippen LogP contribution is -2.54. The Balaban J connectivity index is 1.60. The third kappa shape index (κ3) is 4.53. The average molecular weight is 433 g/mol. The number of nitrogens with one attached hydrogen (secondary N) is 1. The molecule has 0 bridgehead atoms. The van der Waals surface area contributed by atoms with Crippen LogP contribution in [-0.2, 0) is 16.0 Å². The molecule has 9 heteroatoms. The van der Waals surface area contributed by atoms with Crippen LogP contribution in [-0.4, -0.2) is 51.9 Å². The second-order valence-corrected chi connectivity index (χ2v) is 7.90. The monoisotopic (exact) mass is 433 g/mol. The van der Waals surface area contributed by atoms with E-state index in [-0.39, 0.29) is 17.5 Å². The van der Waals surface area contributed by atoms with E-state index in [0.29, 0.717) is 13.0 Å². The zero-order valence-corrected chi connectivity index (χ0v) is 17.3. The molecule has 0 amide bonds. The van der Waals surface area contributed by atoms with Gasteiger partial charge in [-0.3, -0.25) is 0 Å². The fourth-order valence-electron chi connectivity index (χ4n) is 3.15. The SMILES string of the molecule is CSc1cccc(C(O)CNC(C)Cc2ccc3c(c2)OC(C(=O)O)(C(=O)O)O3)c1. The molecule has 1 aliphatic rings. The van der Waals surface area contributed by atoms with Crippen LogP contribution in [0.1, 0.15) is 24.2 Å². The van der Waals surface area contributed by atoms with E-state index in [1.807, 2.05) is 37.4 Å². The molecule has 3 rings (SSSR count). The standard InChI is InChI=1S/C21H23NO7S/c1-12(22-11-16(23)14-4-3-5-15(10-14)30-2)8-13-6-7-17-18(9-13)29-21(28-17,19(24)25)20(26)27/h3-7,9-10,12,16,22-23H,8,11H2,1-2H3,(H,24,25)(H,26,27). The van der Waals surface area contributed by atoms with Crippen molar-refractivity contribution in [3.63, 3.8) is 0 Å². The van der Waals surface area contributed by atoms with Gasteiger partial charge in [-0.1, -0.05) is 18.2 Å². The number of ether oxygens (including phenoxy) is 2. The summed E-state index contributed by atoms with van der Waals surface area (Å²) in [6, 6.07) is 12.5. The third-order valence-electron chi connectivity index (χ3n) is 4.76. The summed E-state index contributed by atoms with van der Waals surface area (Å²) >= 11 is 1.61. The Morgan fingerprint density at radius 3 is 2.47 bits per heavy atom. The van der Waals surface area contributed by atoms with Gasteiger partial charge in [0.05, 0.1) is 6.10 Å². The van der Waals surface area contributed by atoms with Crippen LogP contribution >= 0.6 is 11.8 Å². The molecule has 0 saturated heterocycles. The lowest BCUT2D eigenvalue weighted by Gasteiger charge is -2.18. The molecule has 1 heterocycles. The van der Waals surface area contributed by atoms with Crippen LogP contribution in [0.2, 0.25) is 0 Å². The van der Waals surface area contributed by atoms with Gasteiger partial charge in [0.1, 0.15) is 0 Å². The molecule has 2 unspecified atom stereocenters. The van der Waals surface area contributed by atoms with Gasteiger partial charge in [-0.05, 0) is 55.0 Å². The lowest BCUT2D eigenvalue weighted by atomic mass is 10.1. The Hall–Kier alpha value is -2.75. The Labute approximate surface area is 177 Å². The number of fused-ring (bicyclic) bond motifs is 1. The first-order valence-electron chi connectivity index (χ1n) is 9.28. The van der Waals surface area contributed by atoms with Crippen molar-refractivity contribution in [1.29, 1.82) is 0 Å². The van der Waals surface area contributed by atoms with E-state index in [1.54, 1.807) is 23.9 Å². The van der Waals surface area contributed by atoms with Crippen molar-refractivity contribution in [2.75, 3.05) is 12.8 Å². The summed E-state index contributed by atoms with van der Waals surface area (Å²) in [6.45, 7) is 2.32. The van der Waals surface area contributed by atoms with E-state index in [2.05, 4.69) is 5.32 Å². The van der Waals surface area contributed by atoms with Crippen molar-refractivity contribution < 1.29 is 34.4 Å². The summed E-state index contributed by atoms with van der Waals surface area (Å²) in [5.41, 5.74) is 1.64. The fourth-order valence-corrected chi connectivity index (χ4v) is 3.61. The topological polar surface area (TPSA) is 125 Å². The number of aliphatic carboxylic acids is 2. The van der Waals surface area contributed by atoms with E-state index >= 15 is 0 Å². The van der Waals surface area contributed by atoms with Crippen molar-refractivity contribution in [3.05, 3.63) is 53.6 Å². The van der Waals surface area contributed by atoms with Gasteiger partial charge in [0, 0.05) is 17.5 Å². The highest BCUT2D eigenvalue weighted by atomic mass is 32.2. The third-order valence-corrected chi connectivity index (χ3v) is 5.48. The number of rotatable bonds is 9. The van der Waals surface area contributed by atoms with Crippen LogP contribution in [0, 0.1) is 0 Å². The number of benzene rings is 2. The van der Waals surface area contributed by atoms with Gasteiger partial charge in [-0.25, -0.2) is 9.59 Å². The first-order valence-corrected chi connectivity index (χ1v) is 10.5. The van der Waals surface area contributed by atoms with Gasteiger partial charge >= 0.3 is 17.7 Å². The summed E-state index contributed by atoms with van der Waals surface area (Å²) < 4.78 is 10.2. The Morgan fingerprint density at radius 1 is 1.10 bits per heavy atom. The minimum absolute atomic E-state index is 0.00698. The minimum atomic E-state index is -2.76. The van der Waals surface area contributed by atoms with Crippen molar-refractivity contribution in [1.82, 2.24) is 5.32 Å². The largest absolute Gasteiger partial charge is 0.475 e. The molecule has 0 fully saturated rings. The van der Waals surface area contributed by atoms with Crippen molar-refractivity contribution >= 4 is 23.7 Å². The highest BCUT2D eigenvalue weighted by Gasteiger charge is 2.57. The number of carboxylic acids is 2. The van der Waals surface area contributed by atoms with Gasteiger partial charge in [-0.2, -0.15) is 0 Å². The van der Waals surface area contributed by atoms with Gasteiger partial charge in [0.25, 0.3) is 0 Å². The van der Waals surface area contributed by atoms with Crippen LogP contribution in [0.15, 0.2) is 47.4 Å². The van der Waals surface area contributed by atoms with E-state index in [0.717, 1.165) is 16.0 Å². The normalized spacial score (nSPS) is 16.1. The van der Waals surface area contributed by atoms with Crippen molar-refractivity contribution in [3.8, 4) is 11.5 Å². The molecule has 0 aromatic heterocycles. The zero-order valence-electron chi connectivity index (χ0n) is 16.5. The Morgan fingerprint density at radius 2 is 1.80 bits per heavy atom. The van der Waals surface area contributed by atoms with E-state index < -0.39 is 23.8 Å². The Kier molecular flexibility index (Phi) is 6.55. The second kappa shape index (κ2) is 8.95. The number of hydrogen-bond acceptors (Lipinski definition) is 7. The molecule has 0 spiro atoms. The molecular weight excluding hydrogens is 410 g/mol. The van der Waals surface area contributed by atoms with Crippen molar-refractivity contribution in [2.24, 2.45) is 0 Å². The summed E-state index contributed by atoms with van der Waals surface area (Å²) in [6.07, 6.45) is 1.89. The lowest BCUT2D eigenvalue weighted by molar-refractivity contribution is -0.194. The second-order valence-electron chi connectivity index (χ2n) is 7.02. The molecule has 2 atom stereocenters. The molecule has 8 nitrogen and oxygen atoms in total. The molecule has 30 heavy (non-hydrogen) atoms. The first kappa shape index (κ1) is 21.9. The molecule has 0 radical (unpaired) electrons. The molecular formula is C21H23NO7S. The minimum Gasteiger partial charge on any atom is -0.475 e. The van der Waals surface area contributed by atoms with Crippen LogP contribution in [0.25, 0.3) is 0 Å². The fraction of sp³-hybridized carbons (Fsp3) is 0.333. The number of hydrogen-bond donors (Lipinski definition) is 4. The highest BCUT2D eigenvalue weighted by Crippen LogP contribution is 2.40. The van der Waals surface area contributed by atoms with E-state index in [4.69, 9.17) is 9.47 Å². The maximum Gasteiger partial charge on any atom is 0.453 e. The summed E-state index contributed by atoms with van der Waals surface area (Å²) in [4.78, 5) is 23.8. The number of aliphatic hydroxyl groups is 1. The molecule has 4 N–H and O–H groups in total. The van der Waals surface area contributed by atoms with E-state index in [9.17, 15) is 24.9 Å². The maximum atomic E-state index is 11.3. The van der Waals surface area contributed by atoms with Crippen LogP contribution in [0.3, 0.4) is 0 Å². The molecule has 0 saturated carbocycles. The van der Waals surface area contributed by atoms with Crippen molar-refractivity contribution in [2.45, 2.75) is 36.2 Å². The highest BCUT2D eigenvalue weighted by molar-refractivity contribution is 7.98. The summed E-state index contributed by atoms with van der Waals surface area (Å²) in [5, 5.41) is 32.1. The molecule has 2 aromatic carbocycles. The van der Waals surface area contributed by atoms with Gasteiger partial charge in [0.15, 0.2) is 11.5 Å². The predicted molar refractivity (Wildman–Crippen MR) is 110 cm³/mol. The van der Waals surface area contributed by atoms with E-state index in [1.165, 1.54) is 6.07 Å². The molecule has 0 aliphatic carbocycles. The van der Waals surface area contributed by atoms with Gasteiger partial charge in [-0.15, -0.1) is 11.8 Å². The zero-order chi connectivity index (χ0) is 21.9. The maximum absolute atomic E-state index is 11.3. The Bertz CT molecular complexity index is 935. The predicted octanol–water partition coefficient (Wildman–Crippen LogP) is 2.30. The van der Waals surface area contributed by atoms with Gasteiger partial charge in [0.2, 0.25) is 0 Å². The molecule has 2 aromatic rings. The smallest absolute Gasteiger partial charge is 0.453 e. The number of carboxylic acid groups (broad SMARTS) is 2. The molecule has 160 valence electrons.